The number of hydrogen-bond donors (Lipinski definition) is 1. The van der Waals surface area contributed by atoms with Crippen LogP contribution in [0.15, 0.2) is 24.8 Å². The third-order valence-electron chi connectivity index (χ3n) is 2.26. The van der Waals surface area contributed by atoms with E-state index in [0.717, 1.165) is 0 Å². The Balaban J connectivity index is 2.01. The number of nitrogens with zero attached hydrogens (tertiary/aromatic N) is 4. The van der Waals surface area contributed by atoms with Crippen molar-refractivity contribution < 1.29 is 14.3 Å². The van der Waals surface area contributed by atoms with Gasteiger partial charge >= 0.3 is 5.97 Å². The average molecular weight is 296 g/mol. The molecule has 0 radical (unpaired) electrons. The molecule has 0 atom stereocenters. The van der Waals surface area contributed by atoms with E-state index < -0.39 is 11.9 Å². The maximum atomic E-state index is 11.8. The number of ether oxygens (including phenoxy) is 1. The van der Waals surface area contributed by atoms with Gasteiger partial charge in [-0.25, -0.2) is 9.97 Å². The third kappa shape index (κ3) is 3.51. The Hall–Kier alpha value is -2.48. The molecule has 0 aliphatic rings. The second-order valence-electron chi connectivity index (χ2n) is 3.68. The first-order valence-corrected chi connectivity index (χ1v) is 5.84. The number of carbonyl (C=O) groups excluding carboxylic acids is 2. The first kappa shape index (κ1) is 13.9. The highest BCUT2D eigenvalue weighted by atomic mass is 35.5. The van der Waals surface area contributed by atoms with Gasteiger partial charge < -0.3 is 10.1 Å². The van der Waals surface area contributed by atoms with Crippen molar-refractivity contribution in [2.75, 3.05) is 12.4 Å². The van der Waals surface area contributed by atoms with Crippen LogP contribution in [0.3, 0.4) is 0 Å². The lowest BCUT2D eigenvalue weighted by molar-refractivity contribution is -0.141. The van der Waals surface area contributed by atoms with E-state index in [1.165, 1.54) is 36.6 Å². The van der Waals surface area contributed by atoms with Crippen LogP contribution in [0.1, 0.15) is 10.5 Å². The van der Waals surface area contributed by atoms with Crippen LogP contribution in [0.5, 0.6) is 0 Å². The van der Waals surface area contributed by atoms with E-state index in [0.29, 0.717) is 5.69 Å². The normalized spacial score (nSPS) is 10.1. The Bertz CT molecular complexity index is 625. The molecule has 0 aromatic carbocycles. The molecule has 0 unspecified atom stereocenters. The van der Waals surface area contributed by atoms with Gasteiger partial charge in [-0.05, 0) is 0 Å². The molecular weight excluding hydrogens is 286 g/mol. The topological polar surface area (TPSA) is 99.0 Å². The van der Waals surface area contributed by atoms with Gasteiger partial charge in [-0.2, -0.15) is 5.10 Å². The van der Waals surface area contributed by atoms with Crippen molar-refractivity contribution in [1.29, 1.82) is 0 Å². The van der Waals surface area contributed by atoms with Crippen molar-refractivity contribution >= 4 is 29.2 Å². The van der Waals surface area contributed by atoms with Crippen LogP contribution < -0.4 is 5.32 Å². The number of nitrogens with one attached hydrogen (secondary N) is 1. The predicted molar refractivity (Wildman–Crippen MR) is 69.2 cm³/mol. The van der Waals surface area contributed by atoms with E-state index in [2.05, 4.69) is 25.1 Å². The van der Waals surface area contributed by atoms with Gasteiger partial charge in [0.2, 0.25) is 0 Å². The van der Waals surface area contributed by atoms with Crippen LogP contribution >= 0.6 is 11.6 Å². The molecular formula is C11H10ClN5O3. The van der Waals surface area contributed by atoms with Gasteiger partial charge in [0.1, 0.15) is 17.4 Å². The standard InChI is InChI=1S/C11H10ClN5O3/c1-20-10(18)6-17-5-7(2-15-17)16-11(19)8-3-14-9(12)4-13-8/h2-5H,6H2,1H3,(H,16,19). The van der Waals surface area contributed by atoms with Gasteiger partial charge in [-0.3, -0.25) is 14.3 Å². The minimum Gasteiger partial charge on any atom is -0.468 e. The van der Waals surface area contributed by atoms with Crippen LogP contribution in [0.25, 0.3) is 0 Å². The van der Waals surface area contributed by atoms with E-state index in [4.69, 9.17) is 11.6 Å². The Kier molecular flexibility index (Phi) is 4.26. The fourth-order valence-electron chi connectivity index (χ4n) is 1.34. The molecule has 104 valence electrons. The summed E-state index contributed by atoms with van der Waals surface area (Å²) in [6.45, 7) is -0.0346. The van der Waals surface area contributed by atoms with Crippen LogP contribution in [-0.4, -0.2) is 38.7 Å². The highest BCUT2D eigenvalue weighted by Crippen LogP contribution is 2.08. The van der Waals surface area contributed by atoms with E-state index >= 15 is 0 Å². The molecule has 2 heterocycles. The first-order chi connectivity index (χ1) is 9.58. The molecule has 2 aromatic rings. The van der Waals surface area contributed by atoms with Crippen LogP contribution in [0.4, 0.5) is 5.69 Å². The molecule has 0 aliphatic heterocycles. The average Bonchev–Trinajstić information content (AvgIpc) is 2.86. The summed E-state index contributed by atoms with van der Waals surface area (Å²) in [4.78, 5) is 30.5. The number of anilines is 1. The van der Waals surface area contributed by atoms with E-state index in [1.807, 2.05) is 0 Å². The number of rotatable bonds is 4. The number of carbonyl (C=O) groups is 2. The summed E-state index contributed by atoms with van der Waals surface area (Å²) < 4.78 is 5.85. The van der Waals surface area contributed by atoms with E-state index in [1.54, 1.807) is 0 Å². The lowest BCUT2D eigenvalue weighted by Crippen LogP contribution is -2.14. The Morgan fingerprint density at radius 2 is 2.15 bits per heavy atom. The third-order valence-corrected chi connectivity index (χ3v) is 2.46. The van der Waals surface area contributed by atoms with Gasteiger partial charge in [-0.15, -0.1) is 0 Å². The van der Waals surface area contributed by atoms with Gasteiger partial charge in [0.15, 0.2) is 0 Å². The zero-order chi connectivity index (χ0) is 14.5. The van der Waals surface area contributed by atoms with Crippen molar-refractivity contribution in [1.82, 2.24) is 19.7 Å². The summed E-state index contributed by atoms with van der Waals surface area (Å²) in [5.41, 5.74) is 0.547. The van der Waals surface area contributed by atoms with Crippen molar-refractivity contribution in [2.24, 2.45) is 0 Å². The van der Waals surface area contributed by atoms with E-state index in [-0.39, 0.29) is 17.4 Å². The van der Waals surface area contributed by atoms with Crippen molar-refractivity contribution in [3.05, 3.63) is 35.6 Å². The first-order valence-electron chi connectivity index (χ1n) is 5.46. The number of hydrogen-bond acceptors (Lipinski definition) is 6. The molecule has 1 amide bonds. The highest BCUT2D eigenvalue weighted by Gasteiger charge is 2.10. The lowest BCUT2D eigenvalue weighted by atomic mass is 10.4. The summed E-state index contributed by atoms with van der Waals surface area (Å²) in [5, 5.41) is 6.68. The van der Waals surface area contributed by atoms with Gasteiger partial charge in [-0.1, -0.05) is 11.6 Å². The van der Waals surface area contributed by atoms with Crippen LogP contribution in [0, 0.1) is 0 Å². The molecule has 1 N–H and O–H groups in total. The molecule has 0 aliphatic carbocycles. The van der Waals surface area contributed by atoms with Gasteiger partial charge in [0, 0.05) is 6.20 Å². The molecule has 2 aromatic heterocycles. The van der Waals surface area contributed by atoms with E-state index in [9.17, 15) is 9.59 Å². The lowest BCUT2D eigenvalue weighted by Gasteiger charge is -2.01. The van der Waals surface area contributed by atoms with Crippen LogP contribution in [-0.2, 0) is 16.1 Å². The van der Waals surface area contributed by atoms with Crippen LogP contribution in [0.2, 0.25) is 5.15 Å². The second-order valence-corrected chi connectivity index (χ2v) is 4.07. The molecule has 2 rings (SSSR count). The largest absolute Gasteiger partial charge is 0.468 e. The van der Waals surface area contributed by atoms with Gasteiger partial charge in [0.05, 0.1) is 31.4 Å². The Morgan fingerprint density at radius 3 is 2.80 bits per heavy atom. The van der Waals surface area contributed by atoms with Crippen molar-refractivity contribution in [3.63, 3.8) is 0 Å². The molecule has 0 spiro atoms. The number of esters is 1. The quantitative estimate of drug-likeness (QED) is 0.836. The fraction of sp³-hybridized carbons (Fsp3) is 0.182. The monoisotopic (exact) mass is 295 g/mol. The minimum atomic E-state index is -0.452. The van der Waals surface area contributed by atoms with Gasteiger partial charge in [0.25, 0.3) is 5.91 Å². The minimum absolute atomic E-state index is 0.0346. The summed E-state index contributed by atoms with van der Waals surface area (Å²) >= 11 is 5.58. The summed E-state index contributed by atoms with van der Waals surface area (Å²) in [6.07, 6.45) is 5.44. The zero-order valence-electron chi connectivity index (χ0n) is 10.4. The van der Waals surface area contributed by atoms with Crippen molar-refractivity contribution in [2.45, 2.75) is 6.54 Å². The number of amides is 1. The number of halogens is 1. The highest BCUT2D eigenvalue weighted by molar-refractivity contribution is 6.29. The number of aromatic nitrogens is 4. The second kappa shape index (κ2) is 6.11. The zero-order valence-corrected chi connectivity index (χ0v) is 11.2. The maximum Gasteiger partial charge on any atom is 0.327 e. The molecule has 20 heavy (non-hydrogen) atoms. The summed E-state index contributed by atoms with van der Waals surface area (Å²) in [7, 11) is 1.29. The number of methoxy groups -OCH3 is 1. The smallest absolute Gasteiger partial charge is 0.327 e. The molecule has 9 heteroatoms. The fourth-order valence-corrected chi connectivity index (χ4v) is 1.43. The molecule has 0 bridgehead atoms. The molecule has 0 fully saturated rings. The molecule has 0 saturated heterocycles. The maximum absolute atomic E-state index is 11.8. The summed E-state index contributed by atoms with van der Waals surface area (Å²) in [5.74, 6) is -0.888. The van der Waals surface area contributed by atoms with Crippen molar-refractivity contribution in [3.8, 4) is 0 Å². The molecule has 8 nitrogen and oxygen atoms in total. The predicted octanol–water partition coefficient (Wildman–Crippen LogP) is 0.752. The molecule has 0 saturated carbocycles. The Morgan fingerprint density at radius 1 is 1.35 bits per heavy atom. The summed E-state index contributed by atoms with van der Waals surface area (Å²) in [6, 6.07) is 0. The SMILES string of the molecule is COC(=O)Cn1cc(NC(=O)c2cnc(Cl)cn2)cn1. The Labute approximate surface area is 118 Å².